The highest BCUT2D eigenvalue weighted by Gasteiger charge is 2.17. The molecule has 4 heteroatoms. The summed E-state index contributed by atoms with van der Waals surface area (Å²) in [6, 6.07) is 2.35. The minimum absolute atomic E-state index is 0.281. The third kappa shape index (κ3) is 3.60. The number of anilines is 1. The zero-order valence-corrected chi connectivity index (χ0v) is 11.1. The fourth-order valence-electron chi connectivity index (χ4n) is 2.24. The van der Waals surface area contributed by atoms with Gasteiger partial charge in [0, 0.05) is 25.2 Å². The van der Waals surface area contributed by atoms with Crippen LogP contribution in [0.3, 0.4) is 0 Å². The minimum atomic E-state index is 0.281. The van der Waals surface area contributed by atoms with E-state index in [1.165, 1.54) is 0 Å². The second-order valence-electron chi connectivity index (χ2n) is 4.93. The lowest BCUT2D eigenvalue weighted by Gasteiger charge is -2.32. The predicted octanol–water partition coefficient (Wildman–Crippen LogP) is 2.19. The Morgan fingerprint density at radius 1 is 1.50 bits per heavy atom. The first-order valence-corrected chi connectivity index (χ1v) is 6.88. The summed E-state index contributed by atoms with van der Waals surface area (Å²) in [6.07, 6.45) is 8.18. The Morgan fingerprint density at radius 2 is 2.39 bits per heavy atom. The fourth-order valence-corrected chi connectivity index (χ4v) is 2.24. The number of hydrogen-bond acceptors (Lipinski definition) is 4. The maximum atomic E-state index is 6.01. The molecule has 0 bridgehead atoms. The van der Waals surface area contributed by atoms with E-state index < -0.39 is 0 Å². The summed E-state index contributed by atoms with van der Waals surface area (Å²) in [4.78, 5) is 6.56. The van der Waals surface area contributed by atoms with E-state index in [9.17, 15) is 0 Å². The Morgan fingerprint density at radius 3 is 3.17 bits per heavy atom. The highest BCUT2D eigenvalue weighted by atomic mass is 16.5. The Hall–Kier alpha value is -1.29. The quantitative estimate of drug-likeness (QED) is 0.813. The van der Waals surface area contributed by atoms with Crippen LogP contribution in [0.25, 0.3) is 0 Å². The van der Waals surface area contributed by atoms with Crippen LogP contribution in [0, 0.1) is 0 Å². The predicted molar refractivity (Wildman–Crippen MR) is 74.1 cm³/mol. The number of rotatable bonds is 5. The Kier molecular flexibility index (Phi) is 4.81. The molecule has 1 aromatic heterocycles. The molecule has 100 valence electrons. The van der Waals surface area contributed by atoms with Gasteiger partial charge in [-0.3, -0.25) is 4.98 Å². The van der Waals surface area contributed by atoms with Crippen molar-refractivity contribution >= 4 is 5.69 Å². The lowest BCUT2D eigenvalue weighted by molar-refractivity contribution is 0.308. The van der Waals surface area contributed by atoms with Crippen molar-refractivity contribution in [2.75, 3.05) is 24.6 Å². The number of aromatic nitrogens is 1. The average Bonchev–Trinajstić information content (AvgIpc) is 2.39. The van der Waals surface area contributed by atoms with Crippen molar-refractivity contribution in [3.8, 4) is 5.75 Å². The van der Waals surface area contributed by atoms with Crippen LogP contribution in [0.1, 0.15) is 32.6 Å². The topological polar surface area (TPSA) is 51.4 Å². The lowest BCUT2D eigenvalue weighted by atomic mass is 10.1. The molecule has 0 amide bonds. The van der Waals surface area contributed by atoms with Gasteiger partial charge >= 0.3 is 0 Å². The molecular weight excluding hydrogens is 226 g/mol. The summed E-state index contributed by atoms with van der Waals surface area (Å²) in [6.45, 7) is 4.90. The van der Waals surface area contributed by atoms with Crippen molar-refractivity contribution in [3.05, 3.63) is 18.5 Å². The molecule has 0 aliphatic carbocycles. The maximum Gasteiger partial charge on any atom is 0.139 e. The zero-order chi connectivity index (χ0) is 12.8. The zero-order valence-electron chi connectivity index (χ0n) is 11.1. The van der Waals surface area contributed by atoms with E-state index in [0.717, 1.165) is 56.8 Å². The normalized spacial score (nSPS) is 19.9. The first kappa shape index (κ1) is 13.1. The smallest absolute Gasteiger partial charge is 0.139 e. The molecule has 1 fully saturated rings. The molecule has 0 saturated carbocycles. The van der Waals surface area contributed by atoms with E-state index in [-0.39, 0.29) is 6.04 Å². The number of pyridine rings is 1. The molecule has 2 N–H and O–H groups in total. The number of unbranched alkanes of at least 4 members (excludes halogenated alkanes) is 1. The standard InChI is InChI=1S/C14H23N3O/c1-2-3-7-18-14-8-13(9-16-10-14)17-6-4-5-12(15)11-17/h8-10,12H,2-7,11,15H2,1H3. The summed E-state index contributed by atoms with van der Waals surface area (Å²) in [5, 5.41) is 0. The minimum Gasteiger partial charge on any atom is -0.492 e. The van der Waals surface area contributed by atoms with E-state index in [0.29, 0.717) is 0 Å². The Labute approximate surface area is 109 Å². The molecule has 1 aliphatic rings. The van der Waals surface area contributed by atoms with Crippen molar-refractivity contribution in [2.24, 2.45) is 5.73 Å². The highest BCUT2D eigenvalue weighted by molar-refractivity contribution is 5.48. The molecule has 1 aromatic rings. The molecule has 2 rings (SSSR count). The fraction of sp³-hybridized carbons (Fsp3) is 0.643. The van der Waals surface area contributed by atoms with Gasteiger partial charge in [-0.25, -0.2) is 0 Å². The molecule has 0 radical (unpaired) electrons. The van der Waals surface area contributed by atoms with E-state index in [2.05, 4.69) is 22.9 Å². The van der Waals surface area contributed by atoms with Crippen molar-refractivity contribution < 1.29 is 4.74 Å². The van der Waals surface area contributed by atoms with Gasteiger partial charge in [0.05, 0.1) is 24.7 Å². The number of nitrogens with two attached hydrogens (primary N) is 1. The summed E-state index contributed by atoms with van der Waals surface area (Å²) in [5.41, 5.74) is 7.13. The van der Waals surface area contributed by atoms with Gasteiger partial charge in [-0.1, -0.05) is 13.3 Å². The first-order chi connectivity index (χ1) is 8.79. The Bertz CT molecular complexity index is 370. The molecule has 0 aromatic carbocycles. The van der Waals surface area contributed by atoms with Crippen molar-refractivity contribution in [1.29, 1.82) is 0 Å². The second-order valence-corrected chi connectivity index (χ2v) is 4.93. The SMILES string of the molecule is CCCCOc1cncc(N2CCCC(N)C2)c1. The monoisotopic (exact) mass is 249 g/mol. The van der Waals surface area contributed by atoms with E-state index in [1.54, 1.807) is 6.20 Å². The molecule has 18 heavy (non-hydrogen) atoms. The van der Waals surface area contributed by atoms with Crippen molar-refractivity contribution in [3.63, 3.8) is 0 Å². The summed E-state index contributed by atoms with van der Waals surface area (Å²) >= 11 is 0. The van der Waals surface area contributed by atoms with Crippen LogP contribution < -0.4 is 15.4 Å². The van der Waals surface area contributed by atoms with Gasteiger partial charge in [0.15, 0.2) is 0 Å². The maximum absolute atomic E-state index is 6.01. The summed E-state index contributed by atoms with van der Waals surface area (Å²) in [5.74, 6) is 0.861. The van der Waals surface area contributed by atoms with Crippen LogP contribution in [0.15, 0.2) is 18.5 Å². The highest BCUT2D eigenvalue weighted by Crippen LogP contribution is 2.22. The van der Waals surface area contributed by atoms with E-state index in [4.69, 9.17) is 10.5 Å². The summed E-state index contributed by atoms with van der Waals surface area (Å²) < 4.78 is 5.68. The molecule has 2 heterocycles. The van der Waals surface area contributed by atoms with E-state index in [1.807, 2.05) is 6.20 Å². The molecule has 0 spiro atoms. The van der Waals surface area contributed by atoms with E-state index >= 15 is 0 Å². The van der Waals surface area contributed by atoms with Gasteiger partial charge in [0.25, 0.3) is 0 Å². The Balaban J connectivity index is 1.97. The number of hydrogen-bond donors (Lipinski definition) is 1. The van der Waals surface area contributed by atoms with Crippen LogP contribution in [0.4, 0.5) is 5.69 Å². The van der Waals surface area contributed by atoms with Gasteiger partial charge < -0.3 is 15.4 Å². The molecule has 4 nitrogen and oxygen atoms in total. The summed E-state index contributed by atoms with van der Waals surface area (Å²) in [7, 11) is 0. The molecule has 1 unspecified atom stereocenters. The largest absolute Gasteiger partial charge is 0.492 e. The van der Waals surface area contributed by atoms with Crippen LogP contribution in [-0.2, 0) is 0 Å². The van der Waals surface area contributed by atoms with Crippen LogP contribution in [0.2, 0.25) is 0 Å². The van der Waals surface area contributed by atoms with Gasteiger partial charge in [-0.05, 0) is 19.3 Å². The van der Waals surface area contributed by atoms with Crippen LogP contribution in [-0.4, -0.2) is 30.7 Å². The van der Waals surface area contributed by atoms with Gasteiger partial charge in [-0.15, -0.1) is 0 Å². The molecular formula is C14H23N3O. The van der Waals surface area contributed by atoms with Gasteiger partial charge in [0.1, 0.15) is 5.75 Å². The van der Waals surface area contributed by atoms with Gasteiger partial charge in [0.2, 0.25) is 0 Å². The second kappa shape index (κ2) is 6.59. The lowest BCUT2D eigenvalue weighted by Crippen LogP contribution is -2.42. The third-order valence-electron chi connectivity index (χ3n) is 3.29. The number of piperidine rings is 1. The van der Waals surface area contributed by atoms with Gasteiger partial charge in [-0.2, -0.15) is 0 Å². The van der Waals surface area contributed by atoms with Crippen LogP contribution in [0.5, 0.6) is 5.75 Å². The molecule has 1 saturated heterocycles. The van der Waals surface area contributed by atoms with Crippen molar-refractivity contribution in [1.82, 2.24) is 4.98 Å². The van der Waals surface area contributed by atoms with Crippen molar-refractivity contribution in [2.45, 2.75) is 38.6 Å². The number of ether oxygens (including phenoxy) is 1. The third-order valence-corrected chi connectivity index (χ3v) is 3.29. The molecule has 1 aliphatic heterocycles. The van der Waals surface area contributed by atoms with Crippen LogP contribution >= 0.6 is 0 Å². The average molecular weight is 249 g/mol. The molecule has 1 atom stereocenters. The number of nitrogens with zero attached hydrogens (tertiary/aromatic N) is 2. The first-order valence-electron chi connectivity index (χ1n) is 6.88.